The topological polar surface area (TPSA) is 0 Å². The Labute approximate surface area is 172 Å². The first-order valence-electron chi connectivity index (χ1n) is 11.8. The van der Waals surface area contributed by atoms with Crippen LogP contribution in [0.2, 0.25) is 0 Å². The largest absolute Gasteiger partial charge is 0.0587 e. The van der Waals surface area contributed by atoms with Crippen molar-refractivity contribution >= 4 is 0 Å². The molecule has 2 saturated carbocycles. The summed E-state index contributed by atoms with van der Waals surface area (Å²) in [5, 5.41) is 0. The van der Waals surface area contributed by atoms with Crippen molar-refractivity contribution in [2.24, 2.45) is 0 Å². The van der Waals surface area contributed by atoms with E-state index in [1.54, 1.807) is 11.1 Å². The highest BCUT2D eigenvalue weighted by atomic mass is 14.3. The highest BCUT2D eigenvalue weighted by molar-refractivity contribution is 5.42. The molecule has 0 unspecified atom stereocenters. The van der Waals surface area contributed by atoms with Crippen molar-refractivity contribution in [1.82, 2.24) is 0 Å². The van der Waals surface area contributed by atoms with Crippen molar-refractivity contribution in [3.05, 3.63) is 69.8 Å². The highest BCUT2D eigenvalue weighted by Gasteiger charge is 2.21. The number of benzene rings is 2. The Balaban J connectivity index is 1.61. The lowest BCUT2D eigenvalue weighted by molar-refractivity contribution is 0.442. The fraction of sp³-hybridized carbons (Fsp3) is 0.571. The standard InChI is InChI=1S/C28H38/c1-20-14-16-25(18-27(20)23-10-6-4-7-11-23)22(3)26-17-15-21(2)28(19-26)24-12-8-5-9-13-24/h14-19,22-24H,4-13H2,1-3H3. The van der Waals surface area contributed by atoms with Crippen molar-refractivity contribution in [3.63, 3.8) is 0 Å². The van der Waals surface area contributed by atoms with Crippen LogP contribution in [-0.4, -0.2) is 0 Å². The van der Waals surface area contributed by atoms with Crippen LogP contribution in [0.15, 0.2) is 36.4 Å². The molecule has 0 radical (unpaired) electrons. The number of rotatable bonds is 4. The molecule has 0 N–H and O–H groups in total. The predicted molar refractivity (Wildman–Crippen MR) is 122 cm³/mol. The number of hydrogen-bond acceptors (Lipinski definition) is 0. The number of hydrogen-bond donors (Lipinski definition) is 0. The maximum absolute atomic E-state index is 2.55. The molecule has 0 amide bonds. The van der Waals surface area contributed by atoms with Gasteiger partial charge in [0, 0.05) is 5.92 Å². The van der Waals surface area contributed by atoms with Crippen LogP contribution in [0.5, 0.6) is 0 Å². The van der Waals surface area contributed by atoms with Gasteiger partial charge in [0.15, 0.2) is 0 Å². The third-order valence-corrected chi connectivity index (χ3v) is 7.70. The van der Waals surface area contributed by atoms with Gasteiger partial charge in [-0.25, -0.2) is 0 Å². The van der Waals surface area contributed by atoms with Gasteiger partial charge in [0.1, 0.15) is 0 Å². The van der Waals surface area contributed by atoms with Gasteiger partial charge >= 0.3 is 0 Å². The van der Waals surface area contributed by atoms with Crippen molar-refractivity contribution in [1.29, 1.82) is 0 Å². The van der Waals surface area contributed by atoms with Gasteiger partial charge in [-0.05, 0) is 84.7 Å². The zero-order chi connectivity index (χ0) is 19.5. The first kappa shape index (κ1) is 19.7. The molecule has 0 saturated heterocycles. The average Bonchev–Trinajstić information content (AvgIpc) is 2.75. The Morgan fingerprint density at radius 2 is 1.00 bits per heavy atom. The van der Waals surface area contributed by atoms with E-state index in [-0.39, 0.29) is 0 Å². The highest BCUT2D eigenvalue weighted by Crippen LogP contribution is 2.38. The van der Waals surface area contributed by atoms with Crippen LogP contribution in [0.1, 0.15) is 122 Å². The minimum absolute atomic E-state index is 0.478. The smallest absolute Gasteiger partial charge is 0.00612 e. The Morgan fingerprint density at radius 1 is 0.607 bits per heavy atom. The molecular formula is C28H38. The van der Waals surface area contributed by atoms with E-state index in [4.69, 9.17) is 0 Å². The molecular weight excluding hydrogens is 336 g/mol. The van der Waals surface area contributed by atoms with Gasteiger partial charge in [0.2, 0.25) is 0 Å². The third kappa shape index (κ3) is 4.22. The molecule has 2 fully saturated rings. The third-order valence-electron chi connectivity index (χ3n) is 7.70. The summed E-state index contributed by atoms with van der Waals surface area (Å²) in [6.07, 6.45) is 14.0. The summed E-state index contributed by atoms with van der Waals surface area (Å²) in [4.78, 5) is 0. The molecule has 150 valence electrons. The van der Waals surface area contributed by atoms with E-state index in [1.807, 2.05) is 0 Å². The van der Waals surface area contributed by atoms with Crippen LogP contribution in [0.25, 0.3) is 0 Å². The van der Waals surface area contributed by atoms with E-state index in [9.17, 15) is 0 Å². The molecule has 28 heavy (non-hydrogen) atoms. The Morgan fingerprint density at radius 3 is 1.39 bits per heavy atom. The second-order valence-electron chi connectivity index (χ2n) is 9.62. The average molecular weight is 375 g/mol. The molecule has 0 heterocycles. The minimum Gasteiger partial charge on any atom is -0.0587 e. The second kappa shape index (κ2) is 8.85. The van der Waals surface area contributed by atoms with E-state index >= 15 is 0 Å². The number of aryl methyl sites for hydroxylation is 2. The summed E-state index contributed by atoms with van der Waals surface area (Å²) in [6.45, 7) is 7.03. The molecule has 0 aromatic heterocycles. The van der Waals surface area contributed by atoms with E-state index in [2.05, 4.69) is 57.2 Å². The maximum Gasteiger partial charge on any atom is 0.00612 e. The summed E-state index contributed by atoms with van der Waals surface area (Å²) < 4.78 is 0. The fourth-order valence-corrected chi connectivity index (χ4v) is 5.76. The van der Waals surface area contributed by atoms with Gasteiger partial charge in [0.25, 0.3) is 0 Å². The molecule has 0 heteroatoms. The monoisotopic (exact) mass is 374 g/mol. The van der Waals surface area contributed by atoms with Crippen LogP contribution >= 0.6 is 0 Å². The Hall–Kier alpha value is -1.56. The van der Waals surface area contributed by atoms with Gasteiger partial charge in [-0.3, -0.25) is 0 Å². The van der Waals surface area contributed by atoms with Crippen molar-refractivity contribution in [2.75, 3.05) is 0 Å². The van der Waals surface area contributed by atoms with Crippen LogP contribution in [0, 0.1) is 13.8 Å². The molecule has 2 aliphatic carbocycles. The van der Waals surface area contributed by atoms with Crippen LogP contribution in [0.4, 0.5) is 0 Å². The SMILES string of the molecule is Cc1ccc(C(C)c2ccc(C)c(C3CCCCC3)c2)cc1C1CCCCC1. The van der Waals surface area contributed by atoms with Gasteiger partial charge in [-0.15, -0.1) is 0 Å². The Bertz CT molecular complexity index is 720. The summed E-state index contributed by atoms with van der Waals surface area (Å²) in [5.41, 5.74) is 9.26. The molecule has 0 aliphatic heterocycles. The predicted octanol–water partition coefficient (Wildman–Crippen LogP) is 8.55. The summed E-state index contributed by atoms with van der Waals surface area (Å²) in [7, 11) is 0. The summed E-state index contributed by atoms with van der Waals surface area (Å²) >= 11 is 0. The zero-order valence-electron chi connectivity index (χ0n) is 18.3. The molecule has 0 nitrogen and oxygen atoms in total. The summed E-state index contributed by atoms with van der Waals surface area (Å²) in [6, 6.07) is 14.6. The van der Waals surface area contributed by atoms with E-state index in [0.717, 1.165) is 11.8 Å². The van der Waals surface area contributed by atoms with Crippen molar-refractivity contribution < 1.29 is 0 Å². The quantitative estimate of drug-likeness (QED) is 0.503. The zero-order valence-corrected chi connectivity index (χ0v) is 18.3. The van der Waals surface area contributed by atoms with E-state index in [1.165, 1.54) is 86.5 Å². The van der Waals surface area contributed by atoms with Gasteiger partial charge < -0.3 is 0 Å². The van der Waals surface area contributed by atoms with Crippen LogP contribution in [0.3, 0.4) is 0 Å². The fourth-order valence-electron chi connectivity index (χ4n) is 5.76. The lowest BCUT2D eigenvalue weighted by Crippen LogP contribution is -2.09. The molecule has 0 atom stereocenters. The molecule has 2 aromatic rings. The molecule has 2 aliphatic rings. The first-order valence-corrected chi connectivity index (χ1v) is 11.8. The van der Waals surface area contributed by atoms with E-state index < -0.39 is 0 Å². The molecule has 0 spiro atoms. The molecule has 2 aromatic carbocycles. The van der Waals surface area contributed by atoms with E-state index in [0.29, 0.717) is 5.92 Å². The summed E-state index contributed by atoms with van der Waals surface area (Å²) in [5.74, 6) is 2.05. The van der Waals surface area contributed by atoms with Crippen LogP contribution < -0.4 is 0 Å². The normalized spacial score (nSPS) is 19.3. The second-order valence-corrected chi connectivity index (χ2v) is 9.62. The van der Waals surface area contributed by atoms with Crippen molar-refractivity contribution in [3.8, 4) is 0 Å². The lowest BCUT2D eigenvalue weighted by atomic mass is 9.79. The Kier molecular flexibility index (Phi) is 6.24. The van der Waals surface area contributed by atoms with Gasteiger partial charge in [-0.1, -0.05) is 81.8 Å². The van der Waals surface area contributed by atoms with Gasteiger partial charge in [0.05, 0.1) is 0 Å². The molecule has 4 rings (SSSR count). The van der Waals surface area contributed by atoms with Crippen LogP contribution in [-0.2, 0) is 0 Å². The lowest BCUT2D eigenvalue weighted by Gasteiger charge is -2.26. The maximum atomic E-state index is 2.55. The minimum atomic E-state index is 0.478. The van der Waals surface area contributed by atoms with Gasteiger partial charge in [-0.2, -0.15) is 0 Å². The van der Waals surface area contributed by atoms with Crippen molar-refractivity contribution in [2.45, 2.75) is 103 Å². The molecule has 0 bridgehead atoms. The first-order chi connectivity index (χ1) is 13.6.